The van der Waals surface area contributed by atoms with Crippen molar-refractivity contribution in [3.05, 3.63) is 71.7 Å². The Labute approximate surface area is 176 Å². The van der Waals surface area contributed by atoms with Gasteiger partial charge in [0.25, 0.3) is 0 Å². The van der Waals surface area contributed by atoms with Gasteiger partial charge in [-0.3, -0.25) is 4.90 Å². The Morgan fingerprint density at radius 1 is 1.13 bits per heavy atom. The summed E-state index contributed by atoms with van der Waals surface area (Å²) in [7, 11) is 1.65. The normalized spacial score (nSPS) is 28.4. The van der Waals surface area contributed by atoms with Gasteiger partial charge in [0.15, 0.2) is 0 Å². The lowest BCUT2D eigenvalue weighted by molar-refractivity contribution is 0.145. The Balaban J connectivity index is 1.58. The molecule has 5 nitrogen and oxygen atoms in total. The van der Waals surface area contributed by atoms with Crippen molar-refractivity contribution in [2.45, 2.75) is 31.3 Å². The minimum Gasteiger partial charge on any atom is -0.383 e. The van der Waals surface area contributed by atoms with Crippen LogP contribution in [0.2, 0.25) is 0 Å². The van der Waals surface area contributed by atoms with Crippen LogP contribution in [0.1, 0.15) is 24.8 Å². The molecule has 0 aromatic heterocycles. The van der Waals surface area contributed by atoms with E-state index in [9.17, 15) is 9.18 Å². The van der Waals surface area contributed by atoms with Gasteiger partial charge in [0, 0.05) is 31.0 Å². The SMILES string of the molecule is COCCN1C(=O)N(C2=N/C=C(C#Cc3ccc(F)cc3)\C=C\C=C\2)[C@@H]2CCC[C@@H]21. The predicted molar refractivity (Wildman–Crippen MR) is 114 cm³/mol. The Morgan fingerprint density at radius 2 is 1.90 bits per heavy atom. The second-order valence-electron chi connectivity index (χ2n) is 7.45. The number of fused-ring (bicyclic) bond motifs is 1. The molecule has 2 fully saturated rings. The lowest BCUT2D eigenvalue weighted by Gasteiger charge is -2.22. The summed E-state index contributed by atoms with van der Waals surface area (Å²) in [4.78, 5) is 21.5. The molecule has 2 atom stereocenters. The molecule has 1 aromatic carbocycles. The van der Waals surface area contributed by atoms with Crippen molar-refractivity contribution in [1.29, 1.82) is 0 Å². The van der Waals surface area contributed by atoms with Crippen molar-refractivity contribution >= 4 is 11.9 Å². The van der Waals surface area contributed by atoms with Gasteiger partial charge in [0.2, 0.25) is 0 Å². The van der Waals surface area contributed by atoms with Gasteiger partial charge < -0.3 is 9.64 Å². The molecule has 1 saturated heterocycles. The summed E-state index contributed by atoms with van der Waals surface area (Å²) < 4.78 is 18.2. The van der Waals surface area contributed by atoms with E-state index in [1.54, 1.807) is 25.4 Å². The molecule has 2 heterocycles. The first kappa shape index (κ1) is 20.1. The second-order valence-corrected chi connectivity index (χ2v) is 7.45. The molecule has 4 rings (SSSR count). The highest BCUT2D eigenvalue weighted by molar-refractivity contribution is 6.06. The molecule has 1 aliphatic carbocycles. The summed E-state index contributed by atoms with van der Waals surface area (Å²) in [6.45, 7) is 1.12. The summed E-state index contributed by atoms with van der Waals surface area (Å²) >= 11 is 0. The van der Waals surface area contributed by atoms with Gasteiger partial charge in [-0.25, -0.2) is 14.2 Å². The zero-order valence-corrected chi connectivity index (χ0v) is 16.9. The molecule has 30 heavy (non-hydrogen) atoms. The number of nitrogens with zero attached hydrogens (tertiary/aromatic N) is 3. The van der Waals surface area contributed by atoms with E-state index in [0.29, 0.717) is 24.6 Å². The van der Waals surface area contributed by atoms with Crippen LogP contribution in [0, 0.1) is 17.7 Å². The number of hydrogen-bond donors (Lipinski definition) is 0. The lowest BCUT2D eigenvalue weighted by atomic mass is 10.1. The quantitative estimate of drug-likeness (QED) is 0.717. The molecule has 2 aliphatic heterocycles. The number of carbonyl (C=O) groups excluding carboxylic acids is 1. The molecule has 1 saturated carbocycles. The number of halogens is 1. The van der Waals surface area contributed by atoms with E-state index in [4.69, 9.17) is 4.74 Å². The van der Waals surface area contributed by atoms with E-state index in [-0.39, 0.29) is 23.9 Å². The Kier molecular flexibility index (Phi) is 6.10. The molecular formula is C24H24FN3O2. The Morgan fingerprint density at radius 3 is 2.70 bits per heavy atom. The van der Waals surface area contributed by atoms with Crippen LogP contribution >= 0.6 is 0 Å². The van der Waals surface area contributed by atoms with Crippen molar-refractivity contribution in [2.24, 2.45) is 4.99 Å². The van der Waals surface area contributed by atoms with Gasteiger partial charge in [0.1, 0.15) is 11.7 Å². The highest BCUT2D eigenvalue weighted by Gasteiger charge is 2.49. The minimum atomic E-state index is -0.287. The Bertz CT molecular complexity index is 982. The Hall–Kier alpha value is -3.17. The molecule has 0 unspecified atom stereocenters. The molecule has 1 aromatic rings. The van der Waals surface area contributed by atoms with Crippen LogP contribution in [-0.2, 0) is 4.74 Å². The number of aliphatic imine (C=N–C) groups is 1. The summed E-state index contributed by atoms with van der Waals surface area (Å²) in [6, 6.07) is 6.40. The highest BCUT2D eigenvalue weighted by atomic mass is 19.1. The average Bonchev–Trinajstić information content (AvgIpc) is 3.29. The largest absolute Gasteiger partial charge is 0.383 e. The third-order valence-corrected chi connectivity index (χ3v) is 5.57. The molecule has 0 radical (unpaired) electrons. The third-order valence-electron chi connectivity index (χ3n) is 5.57. The van der Waals surface area contributed by atoms with Crippen LogP contribution in [-0.4, -0.2) is 54.0 Å². The predicted octanol–water partition coefficient (Wildman–Crippen LogP) is 3.89. The fourth-order valence-corrected chi connectivity index (χ4v) is 4.14. The first-order chi connectivity index (χ1) is 14.7. The van der Waals surface area contributed by atoms with E-state index in [1.807, 2.05) is 34.1 Å². The monoisotopic (exact) mass is 405 g/mol. The lowest BCUT2D eigenvalue weighted by Crippen LogP contribution is -2.39. The topological polar surface area (TPSA) is 45.1 Å². The van der Waals surface area contributed by atoms with Crippen LogP contribution in [0.15, 0.2) is 65.3 Å². The number of amides is 2. The third kappa shape index (κ3) is 4.22. The second kappa shape index (κ2) is 9.10. The standard InChI is InChI=1S/C24H24FN3O2/c1-30-16-15-27-21-6-4-7-22(21)28(24(27)29)23-8-3-2-5-19(17-26-23)10-9-18-11-13-20(25)14-12-18/h2-3,5,8,11-14,17,21-22H,4,6-7,15-16H2,1H3/b3-2?,5-2+,8-3+,19-5?,19-17+,23-8?,26-17?,26-23+/t21-,22+/m0/s1. The summed E-state index contributed by atoms with van der Waals surface area (Å²) in [5.74, 6) is 6.42. The van der Waals surface area contributed by atoms with E-state index in [0.717, 1.165) is 24.8 Å². The fraction of sp³-hybridized carbons (Fsp3) is 0.333. The van der Waals surface area contributed by atoms with E-state index in [2.05, 4.69) is 16.8 Å². The molecule has 0 spiro atoms. The number of hydrogen-bond acceptors (Lipinski definition) is 3. The number of allylic oxidation sites excluding steroid dienone is 4. The van der Waals surface area contributed by atoms with Crippen molar-refractivity contribution < 1.29 is 13.9 Å². The van der Waals surface area contributed by atoms with Crippen molar-refractivity contribution in [2.75, 3.05) is 20.3 Å². The van der Waals surface area contributed by atoms with Gasteiger partial charge in [-0.2, -0.15) is 0 Å². The molecule has 6 heteroatoms. The zero-order chi connectivity index (χ0) is 20.9. The summed E-state index contributed by atoms with van der Waals surface area (Å²) in [5, 5.41) is 0. The molecule has 0 N–H and O–H groups in total. The maximum Gasteiger partial charge on any atom is 0.326 e. The van der Waals surface area contributed by atoms with Crippen molar-refractivity contribution in [3.63, 3.8) is 0 Å². The van der Waals surface area contributed by atoms with E-state index >= 15 is 0 Å². The fourth-order valence-electron chi connectivity index (χ4n) is 4.14. The number of benzene rings is 1. The molecule has 2 amide bonds. The number of amidine groups is 1. The van der Waals surface area contributed by atoms with Gasteiger partial charge >= 0.3 is 6.03 Å². The number of urea groups is 1. The maximum atomic E-state index is 13.1. The van der Waals surface area contributed by atoms with Crippen LogP contribution in [0.5, 0.6) is 0 Å². The average molecular weight is 405 g/mol. The molecule has 154 valence electrons. The zero-order valence-electron chi connectivity index (χ0n) is 16.9. The first-order valence-corrected chi connectivity index (χ1v) is 10.2. The summed E-state index contributed by atoms with van der Waals surface area (Å²) in [6.07, 6.45) is 12.3. The highest BCUT2D eigenvalue weighted by Crippen LogP contribution is 2.36. The molecule has 0 bridgehead atoms. The van der Waals surface area contributed by atoms with Gasteiger partial charge in [-0.15, -0.1) is 0 Å². The van der Waals surface area contributed by atoms with E-state index < -0.39 is 0 Å². The number of rotatable bonds is 3. The summed E-state index contributed by atoms with van der Waals surface area (Å²) in [5.41, 5.74) is 1.44. The number of ether oxygens (including phenoxy) is 1. The first-order valence-electron chi connectivity index (χ1n) is 10.2. The van der Waals surface area contributed by atoms with Crippen molar-refractivity contribution in [3.8, 4) is 11.8 Å². The van der Waals surface area contributed by atoms with Crippen LogP contribution in [0.3, 0.4) is 0 Å². The van der Waals surface area contributed by atoms with Crippen LogP contribution < -0.4 is 0 Å². The van der Waals surface area contributed by atoms with Crippen molar-refractivity contribution in [1.82, 2.24) is 9.80 Å². The van der Waals surface area contributed by atoms with Gasteiger partial charge in [-0.05, 0) is 55.7 Å². The van der Waals surface area contributed by atoms with Crippen LogP contribution in [0.25, 0.3) is 0 Å². The minimum absolute atomic E-state index is 0.0120. The van der Waals surface area contributed by atoms with Crippen LogP contribution in [0.4, 0.5) is 9.18 Å². The number of carbonyl (C=O) groups is 1. The number of methoxy groups -OCH3 is 1. The molecule has 3 aliphatic rings. The maximum absolute atomic E-state index is 13.1. The van der Waals surface area contributed by atoms with E-state index in [1.165, 1.54) is 12.1 Å². The van der Waals surface area contributed by atoms with Gasteiger partial charge in [-0.1, -0.05) is 24.0 Å². The smallest absolute Gasteiger partial charge is 0.326 e. The molecular weight excluding hydrogens is 381 g/mol. The van der Waals surface area contributed by atoms with Gasteiger partial charge in [0.05, 0.1) is 18.7 Å².